The molecule has 118 valence electrons. The Hall–Kier alpha value is -3.21. The van der Waals surface area contributed by atoms with Crippen LogP contribution in [-0.2, 0) is 13.6 Å². The van der Waals surface area contributed by atoms with Gasteiger partial charge in [-0.3, -0.25) is 14.3 Å². The third-order valence-electron chi connectivity index (χ3n) is 3.91. The number of pyridine rings is 1. The standard InChI is InChI=1S/C19H17N5/c1-23-14-18(19(22-23)16-5-3-2-4-6-16)17-11-21-24(13-17)12-15-7-9-20-10-8-15/h2-11,13-14H,12H2,1H3. The van der Waals surface area contributed by atoms with Crippen LogP contribution in [0.5, 0.6) is 0 Å². The molecule has 0 aliphatic heterocycles. The Morgan fingerprint density at radius 2 is 1.71 bits per heavy atom. The summed E-state index contributed by atoms with van der Waals surface area (Å²) in [6.45, 7) is 0.726. The first-order valence-corrected chi connectivity index (χ1v) is 7.80. The Bertz CT molecular complexity index is 938. The molecular weight excluding hydrogens is 298 g/mol. The summed E-state index contributed by atoms with van der Waals surface area (Å²) in [6, 6.07) is 14.2. The predicted octanol–water partition coefficient (Wildman–Crippen LogP) is 3.39. The van der Waals surface area contributed by atoms with Crippen molar-refractivity contribution in [2.75, 3.05) is 0 Å². The molecule has 0 radical (unpaired) electrons. The van der Waals surface area contributed by atoms with Gasteiger partial charge in [0.05, 0.1) is 12.7 Å². The van der Waals surface area contributed by atoms with Crippen molar-refractivity contribution in [2.24, 2.45) is 7.05 Å². The van der Waals surface area contributed by atoms with Crippen LogP contribution >= 0.6 is 0 Å². The van der Waals surface area contributed by atoms with Crippen LogP contribution in [0.3, 0.4) is 0 Å². The predicted molar refractivity (Wildman–Crippen MR) is 93.2 cm³/mol. The summed E-state index contributed by atoms with van der Waals surface area (Å²) in [4.78, 5) is 4.05. The summed E-state index contributed by atoms with van der Waals surface area (Å²) in [7, 11) is 1.94. The molecule has 0 amide bonds. The zero-order chi connectivity index (χ0) is 16.4. The van der Waals surface area contributed by atoms with Crippen LogP contribution in [0.2, 0.25) is 0 Å². The maximum atomic E-state index is 4.62. The van der Waals surface area contributed by atoms with E-state index in [4.69, 9.17) is 0 Å². The number of aryl methyl sites for hydroxylation is 1. The Balaban J connectivity index is 1.68. The summed E-state index contributed by atoms with van der Waals surface area (Å²) < 4.78 is 3.78. The third kappa shape index (κ3) is 2.84. The molecule has 0 spiro atoms. The summed E-state index contributed by atoms with van der Waals surface area (Å²) in [5.74, 6) is 0. The quantitative estimate of drug-likeness (QED) is 0.580. The topological polar surface area (TPSA) is 48.5 Å². The van der Waals surface area contributed by atoms with Crippen LogP contribution in [0.4, 0.5) is 0 Å². The number of hydrogen-bond acceptors (Lipinski definition) is 3. The lowest BCUT2D eigenvalue weighted by Crippen LogP contribution is -1.99. The van der Waals surface area contributed by atoms with Crippen molar-refractivity contribution in [3.63, 3.8) is 0 Å². The van der Waals surface area contributed by atoms with E-state index < -0.39 is 0 Å². The van der Waals surface area contributed by atoms with Gasteiger partial charge in [0.2, 0.25) is 0 Å². The molecule has 4 aromatic rings. The Morgan fingerprint density at radius 3 is 2.50 bits per heavy atom. The van der Waals surface area contributed by atoms with Gasteiger partial charge >= 0.3 is 0 Å². The first kappa shape index (κ1) is 14.4. The lowest BCUT2D eigenvalue weighted by Gasteiger charge is -2.01. The molecule has 0 aliphatic carbocycles. The molecule has 5 nitrogen and oxygen atoms in total. The van der Waals surface area contributed by atoms with Gasteiger partial charge in [-0.05, 0) is 17.7 Å². The van der Waals surface area contributed by atoms with Gasteiger partial charge in [0.1, 0.15) is 5.69 Å². The molecule has 0 unspecified atom stereocenters. The van der Waals surface area contributed by atoms with Gasteiger partial charge in [-0.15, -0.1) is 0 Å². The highest BCUT2D eigenvalue weighted by molar-refractivity contribution is 5.79. The zero-order valence-electron chi connectivity index (χ0n) is 13.4. The number of nitrogens with zero attached hydrogens (tertiary/aromatic N) is 5. The van der Waals surface area contributed by atoms with Gasteiger partial charge in [0.25, 0.3) is 0 Å². The van der Waals surface area contributed by atoms with Crippen molar-refractivity contribution >= 4 is 0 Å². The van der Waals surface area contributed by atoms with Gasteiger partial charge in [0, 0.05) is 48.5 Å². The Labute approximate surface area is 140 Å². The molecule has 0 bridgehead atoms. The third-order valence-corrected chi connectivity index (χ3v) is 3.91. The maximum Gasteiger partial charge on any atom is 0.100 e. The fourth-order valence-corrected chi connectivity index (χ4v) is 2.77. The molecule has 0 fully saturated rings. The van der Waals surface area contributed by atoms with Gasteiger partial charge < -0.3 is 0 Å². The van der Waals surface area contributed by atoms with E-state index in [1.165, 1.54) is 5.56 Å². The molecular formula is C19H17N5. The molecule has 0 atom stereocenters. The molecule has 0 aliphatic rings. The van der Waals surface area contributed by atoms with Gasteiger partial charge in [-0.2, -0.15) is 10.2 Å². The smallest absolute Gasteiger partial charge is 0.100 e. The highest BCUT2D eigenvalue weighted by Crippen LogP contribution is 2.30. The Morgan fingerprint density at radius 1 is 0.917 bits per heavy atom. The molecule has 24 heavy (non-hydrogen) atoms. The highest BCUT2D eigenvalue weighted by Gasteiger charge is 2.13. The van der Waals surface area contributed by atoms with Crippen LogP contribution in [0, 0.1) is 0 Å². The molecule has 1 aromatic carbocycles. The van der Waals surface area contributed by atoms with E-state index in [1.807, 2.05) is 59.1 Å². The molecule has 0 saturated heterocycles. The summed E-state index contributed by atoms with van der Waals surface area (Å²) >= 11 is 0. The average Bonchev–Trinajstić information content (AvgIpc) is 3.23. The molecule has 5 heteroatoms. The average molecular weight is 315 g/mol. The molecule has 0 N–H and O–H groups in total. The molecule has 3 heterocycles. The first-order chi connectivity index (χ1) is 11.8. The fourth-order valence-electron chi connectivity index (χ4n) is 2.77. The number of aromatic nitrogens is 5. The van der Waals surface area contributed by atoms with Gasteiger partial charge in [-0.1, -0.05) is 30.3 Å². The van der Waals surface area contributed by atoms with E-state index in [2.05, 4.69) is 33.5 Å². The zero-order valence-corrected chi connectivity index (χ0v) is 13.4. The van der Waals surface area contributed by atoms with Crippen LogP contribution in [0.1, 0.15) is 5.56 Å². The minimum atomic E-state index is 0.726. The highest BCUT2D eigenvalue weighted by atomic mass is 15.3. The molecule has 3 aromatic heterocycles. The number of rotatable bonds is 4. The van der Waals surface area contributed by atoms with E-state index >= 15 is 0 Å². The minimum Gasteiger partial charge on any atom is -0.275 e. The van der Waals surface area contributed by atoms with E-state index in [0.717, 1.165) is 28.9 Å². The van der Waals surface area contributed by atoms with E-state index in [9.17, 15) is 0 Å². The van der Waals surface area contributed by atoms with Crippen LogP contribution in [-0.4, -0.2) is 24.5 Å². The summed E-state index contributed by atoms with van der Waals surface area (Å²) in [5.41, 5.74) is 5.41. The SMILES string of the molecule is Cn1cc(-c2cnn(Cc3ccncc3)c2)c(-c2ccccc2)n1. The largest absolute Gasteiger partial charge is 0.275 e. The fraction of sp³-hybridized carbons (Fsp3) is 0.105. The summed E-state index contributed by atoms with van der Waals surface area (Å²) in [5, 5.41) is 9.11. The monoisotopic (exact) mass is 315 g/mol. The number of hydrogen-bond donors (Lipinski definition) is 0. The lowest BCUT2D eigenvalue weighted by molar-refractivity contribution is 0.686. The van der Waals surface area contributed by atoms with Gasteiger partial charge in [-0.25, -0.2) is 0 Å². The molecule has 4 rings (SSSR count). The second kappa shape index (κ2) is 6.12. The van der Waals surface area contributed by atoms with Crippen molar-refractivity contribution in [1.82, 2.24) is 24.5 Å². The number of benzene rings is 1. The van der Waals surface area contributed by atoms with Crippen molar-refractivity contribution in [1.29, 1.82) is 0 Å². The second-order valence-corrected chi connectivity index (χ2v) is 5.71. The van der Waals surface area contributed by atoms with Crippen LogP contribution < -0.4 is 0 Å². The van der Waals surface area contributed by atoms with Crippen molar-refractivity contribution in [2.45, 2.75) is 6.54 Å². The van der Waals surface area contributed by atoms with Crippen LogP contribution in [0.25, 0.3) is 22.4 Å². The van der Waals surface area contributed by atoms with Crippen LogP contribution in [0.15, 0.2) is 73.4 Å². The van der Waals surface area contributed by atoms with E-state index in [1.54, 1.807) is 12.4 Å². The summed E-state index contributed by atoms with van der Waals surface area (Å²) in [6.07, 6.45) is 9.59. The minimum absolute atomic E-state index is 0.726. The van der Waals surface area contributed by atoms with E-state index in [-0.39, 0.29) is 0 Å². The molecule has 0 saturated carbocycles. The second-order valence-electron chi connectivity index (χ2n) is 5.71. The lowest BCUT2D eigenvalue weighted by atomic mass is 10.0. The van der Waals surface area contributed by atoms with Crippen molar-refractivity contribution in [3.8, 4) is 22.4 Å². The van der Waals surface area contributed by atoms with Gasteiger partial charge in [0.15, 0.2) is 0 Å². The maximum absolute atomic E-state index is 4.62. The normalized spacial score (nSPS) is 10.9. The first-order valence-electron chi connectivity index (χ1n) is 7.80. The Kier molecular flexibility index (Phi) is 3.67. The van der Waals surface area contributed by atoms with Crippen molar-refractivity contribution < 1.29 is 0 Å². The van der Waals surface area contributed by atoms with Crippen molar-refractivity contribution in [3.05, 3.63) is 79.0 Å². The van der Waals surface area contributed by atoms with E-state index in [0.29, 0.717) is 0 Å².